The number of halogens is 3. The molecule has 0 aliphatic carbocycles. The number of ether oxygens (including phenoxy) is 1. The Labute approximate surface area is 201 Å². The largest absolute Gasteiger partial charge is 0.466 e. The van der Waals surface area contributed by atoms with E-state index in [1.165, 1.54) is 29.9 Å². The van der Waals surface area contributed by atoms with Crippen molar-refractivity contribution in [3.8, 4) is 22.8 Å². The highest BCUT2D eigenvalue weighted by Gasteiger charge is 2.14. The molecule has 0 spiro atoms. The van der Waals surface area contributed by atoms with Gasteiger partial charge in [-0.1, -0.05) is 46.9 Å². The van der Waals surface area contributed by atoms with Gasteiger partial charge in [0.05, 0.1) is 22.6 Å². The molecule has 0 saturated carbocycles. The number of carbonyl (C=O) groups is 1. The van der Waals surface area contributed by atoms with Crippen molar-refractivity contribution in [1.29, 1.82) is 0 Å². The van der Waals surface area contributed by atoms with E-state index in [0.29, 0.717) is 25.6 Å². The molecule has 11 heteroatoms. The molecule has 162 valence electrons. The molecule has 0 fully saturated rings. The summed E-state index contributed by atoms with van der Waals surface area (Å²) in [5, 5.41) is 7.75. The predicted octanol–water partition coefficient (Wildman–Crippen LogP) is 4.97. The molecule has 0 bridgehead atoms. The lowest BCUT2D eigenvalue weighted by atomic mass is 10.1. The monoisotopic (exact) mass is 505 g/mol. The third-order valence-corrected chi connectivity index (χ3v) is 5.78. The van der Waals surface area contributed by atoms with Crippen molar-refractivity contribution in [2.45, 2.75) is 0 Å². The van der Waals surface area contributed by atoms with Crippen LogP contribution in [0.1, 0.15) is 0 Å². The molecule has 0 unspecified atom stereocenters. The Bertz CT molecular complexity index is 1310. The van der Waals surface area contributed by atoms with Gasteiger partial charge in [-0.2, -0.15) is 0 Å². The van der Waals surface area contributed by atoms with Gasteiger partial charge in [-0.05, 0) is 35.9 Å². The molecule has 7 nitrogen and oxygen atoms in total. The zero-order chi connectivity index (χ0) is 22.5. The first-order chi connectivity index (χ1) is 15.5. The van der Waals surface area contributed by atoms with Crippen LogP contribution in [-0.2, 0) is 4.79 Å². The van der Waals surface area contributed by atoms with Crippen molar-refractivity contribution in [3.05, 3.63) is 86.3 Å². The second-order valence-electron chi connectivity index (χ2n) is 6.32. The number of nitrogens with one attached hydrogen (secondary N) is 1. The maximum Gasteiger partial charge on any atom is 0.278 e. The van der Waals surface area contributed by atoms with Gasteiger partial charge in [-0.15, -0.1) is 16.4 Å². The van der Waals surface area contributed by atoms with Crippen LogP contribution in [0.2, 0.25) is 15.1 Å². The average molecular weight is 507 g/mol. The minimum absolute atomic E-state index is 0.242. The van der Waals surface area contributed by atoms with Gasteiger partial charge in [0.25, 0.3) is 5.91 Å². The minimum Gasteiger partial charge on any atom is -0.466 e. The van der Waals surface area contributed by atoms with Crippen molar-refractivity contribution >= 4 is 52.0 Å². The molecule has 0 aliphatic rings. The van der Waals surface area contributed by atoms with E-state index in [4.69, 9.17) is 39.5 Å². The van der Waals surface area contributed by atoms with E-state index < -0.39 is 5.91 Å². The van der Waals surface area contributed by atoms with Crippen LogP contribution in [0.25, 0.3) is 16.9 Å². The number of hydrogen-bond acceptors (Lipinski definition) is 6. The minimum atomic E-state index is -0.453. The maximum absolute atomic E-state index is 12.2. The third-order valence-electron chi connectivity index (χ3n) is 4.17. The van der Waals surface area contributed by atoms with Crippen LogP contribution in [0.3, 0.4) is 0 Å². The van der Waals surface area contributed by atoms with Gasteiger partial charge < -0.3 is 4.74 Å². The molecule has 0 radical (unpaired) electrons. The van der Waals surface area contributed by atoms with Crippen LogP contribution in [0.4, 0.5) is 0 Å². The zero-order valence-electron chi connectivity index (χ0n) is 16.2. The van der Waals surface area contributed by atoms with Gasteiger partial charge in [0.1, 0.15) is 0 Å². The SMILES string of the molecule is O=C(COc1cnccn1)N/N=c1\scc(-c2ccc(Cl)cc2)n1-c1ccc(Cl)cc1Cl. The highest BCUT2D eigenvalue weighted by atomic mass is 35.5. The van der Waals surface area contributed by atoms with E-state index in [1.807, 2.05) is 22.1 Å². The third kappa shape index (κ3) is 5.28. The number of amides is 1. The number of carbonyl (C=O) groups excluding carboxylic acids is 1. The molecule has 2 aromatic carbocycles. The predicted molar refractivity (Wildman–Crippen MR) is 125 cm³/mol. The first-order valence-corrected chi connectivity index (χ1v) is 11.2. The van der Waals surface area contributed by atoms with Gasteiger partial charge in [0.2, 0.25) is 10.7 Å². The Morgan fingerprint density at radius 2 is 1.88 bits per heavy atom. The topological polar surface area (TPSA) is 81.4 Å². The summed E-state index contributed by atoms with van der Waals surface area (Å²) in [4.78, 5) is 20.5. The summed E-state index contributed by atoms with van der Waals surface area (Å²) >= 11 is 19.9. The maximum atomic E-state index is 12.2. The zero-order valence-corrected chi connectivity index (χ0v) is 19.3. The summed E-state index contributed by atoms with van der Waals surface area (Å²) in [6.07, 6.45) is 4.40. The lowest BCUT2D eigenvalue weighted by molar-refractivity contribution is -0.123. The smallest absolute Gasteiger partial charge is 0.278 e. The molecule has 4 rings (SSSR count). The first-order valence-electron chi connectivity index (χ1n) is 9.14. The van der Waals surface area contributed by atoms with Crippen molar-refractivity contribution in [2.24, 2.45) is 5.10 Å². The number of thiazole rings is 1. The highest BCUT2D eigenvalue weighted by Crippen LogP contribution is 2.29. The standard InChI is InChI=1S/C21H14Cl3N5O2S/c22-14-3-1-13(2-4-14)18-12-32-21(29(18)17-6-5-15(23)9-16(17)24)28-27-19(30)11-31-20-10-25-7-8-26-20/h1-10,12H,11H2,(H,27,30)/b28-21-. The van der Waals surface area contributed by atoms with E-state index in [-0.39, 0.29) is 12.5 Å². The average Bonchev–Trinajstić information content (AvgIpc) is 3.21. The Kier molecular flexibility index (Phi) is 7.06. The number of aromatic nitrogens is 3. The van der Waals surface area contributed by atoms with E-state index in [9.17, 15) is 4.79 Å². The molecule has 2 heterocycles. The highest BCUT2D eigenvalue weighted by molar-refractivity contribution is 7.07. The van der Waals surface area contributed by atoms with Crippen LogP contribution in [-0.4, -0.2) is 27.0 Å². The van der Waals surface area contributed by atoms with Gasteiger partial charge in [0, 0.05) is 27.8 Å². The quantitative estimate of drug-likeness (QED) is 0.375. The number of rotatable bonds is 6. The van der Waals surface area contributed by atoms with Crippen LogP contribution < -0.4 is 15.0 Å². The van der Waals surface area contributed by atoms with Gasteiger partial charge in [-0.25, -0.2) is 10.4 Å². The second kappa shape index (κ2) is 10.1. The Balaban J connectivity index is 1.67. The van der Waals surface area contributed by atoms with E-state index in [2.05, 4.69) is 20.5 Å². The van der Waals surface area contributed by atoms with Crippen molar-refractivity contribution in [1.82, 2.24) is 20.0 Å². The van der Waals surface area contributed by atoms with Gasteiger partial charge in [-0.3, -0.25) is 14.3 Å². The van der Waals surface area contributed by atoms with E-state index in [1.54, 1.807) is 30.3 Å². The van der Waals surface area contributed by atoms with Crippen LogP contribution in [0, 0.1) is 0 Å². The van der Waals surface area contributed by atoms with Gasteiger partial charge >= 0.3 is 0 Å². The van der Waals surface area contributed by atoms with Gasteiger partial charge in [0.15, 0.2) is 6.61 Å². The fraction of sp³-hybridized carbons (Fsp3) is 0.0476. The fourth-order valence-corrected chi connectivity index (χ4v) is 4.23. The Hall–Kier alpha value is -2.91. The summed E-state index contributed by atoms with van der Waals surface area (Å²) in [7, 11) is 0. The summed E-state index contributed by atoms with van der Waals surface area (Å²) in [5.74, 6) is -0.211. The lowest BCUT2D eigenvalue weighted by Gasteiger charge is -2.11. The molecule has 4 aromatic rings. The second-order valence-corrected chi connectivity index (χ2v) is 8.44. The normalized spacial score (nSPS) is 11.4. The number of nitrogens with zero attached hydrogens (tertiary/aromatic N) is 4. The van der Waals surface area contributed by atoms with Crippen LogP contribution in [0.15, 0.2) is 71.5 Å². The summed E-state index contributed by atoms with van der Waals surface area (Å²) < 4.78 is 7.12. The first kappa shape index (κ1) is 22.3. The Morgan fingerprint density at radius 1 is 1.09 bits per heavy atom. The molecule has 1 amide bonds. The molecule has 0 saturated heterocycles. The summed E-state index contributed by atoms with van der Waals surface area (Å²) in [6, 6.07) is 12.5. The fourth-order valence-electron chi connectivity index (χ4n) is 2.75. The molecular weight excluding hydrogens is 493 g/mol. The summed E-state index contributed by atoms with van der Waals surface area (Å²) in [6.45, 7) is -0.265. The van der Waals surface area contributed by atoms with Crippen molar-refractivity contribution in [2.75, 3.05) is 6.61 Å². The van der Waals surface area contributed by atoms with Crippen LogP contribution in [0.5, 0.6) is 5.88 Å². The van der Waals surface area contributed by atoms with E-state index >= 15 is 0 Å². The summed E-state index contributed by atoms with van der Waals surface area (Å²) in [5.41, 5.74) is 4.87. The number of hydrogen-bond donors (Lipinski definition) is 1. The van der Waals surface area contributed by atoms with Crippen LogP contribution >= 0.6 is 46.1 Å². The Morgan fingerprint density at radius 3 is 2.59 bits per heavy atom. The molecule has 0 atom stereocenters. The molecule has 0 aliphatic heterocycles. The number of benzene rings is 2. The molecule has 1 N–H and O–H groups in total. The lowest BCUT2D eigenvalue weighted by Crippen LogP contribution is -2.28. The molecular formula is C21H14Cl3N5O2S. The molecule has 2 aromatic heterocycles. The molecule has 32 heavy (non-hydrogen) atoms. The van der Waals surface area contributed by atoms with Crippen molar-refractivity contribution < 1.29 is 9.53 Å². The van der Waals surface area contributed by atoms with Crippen molar-refractivity contribution in [3.63, 3.8) is 0 Å². The van der Waals surface area contributed by atoms with E-state index in [0.717, 1.165) is 11.3 Å².